The smallest absolute Gasteiger partial charge is 0.342 e. The molecule has 1 unspecified atom stereocenters. The van der Waals surface area contributed by atoms with Crippen LogP contribution in [0.15, 0.2) is 41.0 Å². The van der Waals surface area contributed by atoms with Gasteiger partial charge in [0.05, 0.1) is 18.5 Å². The first-order valence-corrected chi connectivity index (χ1v) is 11.8. The number of cyclic esters (lactones) is 1. The zero-order chi connectivity index (χ0) is 24.5. The summed E-state index contributed by atoms with van der Waals surface area (Å²) >= 11 is 0. The van der Waals surface area contributed by atoms with Crippen molar-refractivity contribution in [2.75, 3.05) is 13.9 Å². The molecule has 0 bridgehead atoms. The number of carbonyl (C=O) groups excluding carboxylic acids is 1. The maximum atomic E-state index is 13.4. The lowest BCUT2D eigenvalue weighted by Gasteiger charge is -2.23. The Morgan fingerprint density at radius 1 is 1.12 bits per heavy atom. The van der Waals surface area contributed by atoms with Crippen LogP contribution in [0.2, 0.25) is 0 Å². The summed E-state index contributed by atoms with van der Waals surface area (Å²) in [5.41, 5.74) is 1.63. The number of carbonyl (C=O) groups is 1. The van der Waals surface area contributed by atoms with E-state index >= 15 is 0 Å². The van der Waals surface area contributed by atoms with Gasteiger partial charge in [-0.25, -0.2) is 4.79 Å². The van der Waals surface area contributed by atoms with Gasteiger partial charge in [-0.1, -0.05) is 38.2 Å². The Morgan fingerprint density at radius 2 is 1.88 bits per heavy atom. The van der Waals surface area contributed by atoms with Crippen LogP contribution in [0.4, 0.5) is 0 Å². The molecule has 1 fully saturated rings. The van der Waals surface area contributed by atoms with E-state index in [2.05, 4.69) is 19.1 Å². The lowest BCUT2D eigenvalue weighted by atomic mass is 9.94. The first-order valence-electron chi connectivity index (χ1n) is 11.8. The molecule has 184 valence electrons. The van der Waals surface area contributed by atoms with Crippen LogP contribution in [0.5, 0.6) is 5.75 Å². The molecule has 2 aromatic rings. The summed E-state index contributed by atoms with van der Waals surface area (Å²) in [7, 11) is 1.53. The predicted octanol–water partition coefficient (Wildman–Crippen LogP) is 5.73. The second-order valence-electron chi connectivity index (χ2n) is 9.54. The maximum absolute atomic E-state index is 13.4. The molecule has 2 aliphatic heterocycles. The number of methoxy groups -OCH3 is 1. The lowest BCUT2D eigenvalue weighted by Crippen LogP contribution is -2.29. The van der Waals surface area contributed by atoms with Crippen molar-refractivity contribution in [1.29, 1.82) is 0 Å². The van der Waals surface area contributed by atoms with Crippen LogP contribution in [0.1, 0.15) is 57.0 Å². The molecule has 0 N–H and O–H groups in total. The van der Waals surface area contributed by atoms with Crippen LogP contribution in [0.25, 0.3) is 17.0 Å². The highest BCUT2D eigenvalue weighted by molar-refractivity contribution is 6.04. The topological polar surface area (TPSA) is 76.4 Å². The van der Waals surface area contributed by atoms with Crippen LogP contribution in [0, 0.1) is 11.8 Å². The summed E-state index contributed by atoms with van der Waals surface area (Å²) in [4.78, 5) is 13.4. The molecule has 1 saturated heterocycles. The first-order chi connectivity index (χ1) is 16.2. The van der Waals surface area contributed by atoms with Gasteiger partial charge in [-0.05, 0) is 33.3 Å². The maximum Gasteiger partial charge on any atom is 0.342 e. The molecule has 5 atom stereocenters. The third-order valence-electron chi connectivity index (χ3n) is 6.44. The number of ether oxygens (including phenoxy) is 5. The van der Waals surface area contributed by atoms with Crippen molar-refractivity contribution >= 4 is 23.0 Å². The quantitative estimate of drug-likeness (QED) is 0.322. The van der Waals surface area contributed by atoms with Crippen LogP contribution < -0.4 is 4.74 Å². The van der Waals surface area contributed by atoms with Gasteiger partial charge < -0.3 is 28.1 Å². The van der Waals surface area contributed by atoms with Crippen molar-refractivity contribution in [2.45, 2.75) is 65.1 Å². The molecular weight excluding hydrogens is 436 g/mol. The molecule has 0 aliphatic carbocycles. The van der Waals surface area contributed by atoms with Gasteiger partial charge in [0.25, 0.3) is 0 Å². The summed E-state index contributed by atoms with van der Waals surface area (Å²) in [5.74, 6) is -0.622. The molecule has 4 rings (SSSR count). The van der Waals surface area contributed by atoms with Crippen molar-refractivity contribution in [3.05, 3.63) is 47.8 Å². The number of hydrogen-bond acceptors (Lipinski definition) is 7. The van der Waals surface area contributed by atoms with E-state index in [-0.39, 0.29) is 36.9 Å². The van der Waals surface area contributed by atoms with Gasteiger partial charge >= 0.3 is 5.97 Å². The number of rotatable bonds is 3. The van der Waals surface area contributed by atoms with Gasteiger partial charge in [0.1, 0.15) is 23.0 Å². The first kappa shape index (κ1) is 24.5. The standard InChI is InChI=1S/C27H34O7/c1-16-10-11-17(2)25-21(33-27(4,5)34-25)9-7-8-20-19-12-13-30-22(19)14-23(31-15-29-6)24(20)26(28)32-18(16)3/h7-8,10-14,16-18,21,25H,9,15H2,1-6H3/b8-7?,11-10-/t16-,17?,18+,21+,25-/m1/s1. The Hall–Kier alpha value is -2.61. The Kier molecular flexibility index (Phi) is 7.17. The minimum absolute atomic E-state index is 0.00288. The van der Waals surface area contributed by atoms with Crippen LogP contribution in [0.3, 0.4) is 0 Å². The summed E-state index contributed by atoms with van der Waals surface area (Å²) in [6.07, 6.45) is 9.79. The van der Waals surface area contributed by atoms with Gasteiger partial charge in [-0.3, -0.25) is 0 Å². The lowest BCUT2D eigenvalue weighted by molar-refractivity contribution is -0.148. The number of esters is 1. The average Bonchev–Trinajstić information content (AvgIpc) is 3.38. The van der Waals surface area contributed by atoms with E-state index in [0.717, 1.165) is 5.39 Å². The summed E-state index contributed by atoms with van der Waals surface area (Å²) in [6.45, 7) is 9.92. The Morgan fingerprint density at radius 3 is 2.65 bits per heavy atom. The number of hydrogen-bond donors (Lipinski definition) is 0. The van der Waals surface area contributed by atoms with E-state index in [1.165, 1.54) is 7.11 Å². The largest absolute Gasteiger partial charge is 0.466 e. The number of fused-ring (bicyclic) bond motifs is 4. The SMILES string of the molecule is COCOc1cc2occc2c2c1C(=O)O[C@@H](C)[C@H](C)/C=C\C(C)[C@H]1OC(C)(C)O[C@H]1CC=C2. The molecule has 2 aliphatic rings. The Bertz CT molecular complexity index is 1080. The van der Waals surface area contributed by atoms with Crippen molar-refractivity contribution in [2.24, 2.45) is 11.8 Å². The van der Waals surface area contributed by atoms with E-state index < -0.39 is 11.8 Å². The summed E-state index contributed by atoms with van der Waals surface area (Å²) in [5, 5.41) is 0.800. The van der Waals surface area contributed by atoms with E-state index in [9.17, 15) is 4.79 Å². The van der Waals surface area contributed by atoms with Gasteiger partial charge in [0, 0.05) is 36.0 Å². The molecule has 0 amide bonds. The summed E-state index contributed by atoms with van der Waals surface area (Å²) < 4.78 is 34.9. The van der Waals surface area contributed by atoms with Crippen molar-refractivity contribution in [1.82, 2.24) is 0 Å². The van der Waals surface area contributed by atoms with Crippen LogP contribution >= 0.6 is 0 Å². The second-order valence-corrected chi connectivity index (χ2v) is 9.54. The monoisotopic (exact) mass is 470 g/mol. The minimum atomic E-state index is -0.659. The zero-order valence-electron chi connectivity index (χ0n) is 20.7. The third-order valence-corrected chi connectivity index (χ3v) is 6.44. The van der Waals surface area contributed by atoms with Gasteiger partial charge in [0.15, 0.2) is 12.6 Å². The fourth-order valence-corrected chi connectivity index (χ4v) is 4.50. The molecule has 34 heavy (non-hydrogen) atoms. The molecule has 7 heteroatoms. The van der Waals surface area contributed by atoms with Gasteiger partial charge in [-0.15, -0.1) is 0 Å². The van der Waals surface area contributed by atoms with Crippen molar-refractivity contribution in [3.63, 3.8) is 0 Å². The highest BCUT2D eigenvalue weighted by Crippen LogP contribution is 2.37. The number of furan rings is 1. The molecule has 3 heterocycles. The van der Waals surface area contributed by atoms with E-state index in [1.807, 2.05) is 45.9 Å². The zero-order valence-corrected chi connectivity index (χ0v) is 20.7. The fraction of sp³-hybridized carbons (Fsp3) is 0.519. The highest BCUT2D eigenvalue weighted by Gasteiger charge is 2.42. The molecule has 1 aromatic heterocycles. The highest BCUT2D eigenvalue weighted by atomic mass is 16.8. The number of benzene rings is 1. The molecule has 7 nitrogen and oxygen atoms in total. The van der Waals surface area contributed by atoms with Crippen molar-refractivity contribution in [3.8, 4) is 5.75 Å². The van der Waals surface area contributed by atoms with Gasteiger partial charge in [-0.2, -0.15) is 0 Å². The molecule has 1 aromatic carbocycles. The van der Waals surface area contributed by atoms with Crippen molar-refractivity contribution < 1.29 is 32.9 Å². The summed E-state index contributed by atoms with van der Waals surface area (Å²) in [6, 6.07) is 3.54. The van der Waals surface area contributed by atoms with E-state index in [1.54, 1.807) is 12.3 Å². The second kappa shape index (κ2) is 9.94. The predicted molar refractivity (Wildman–Crippen MR) is 129 cm³/mol. The minimum Gasteiger partial charge on any atom is -0.466 e. The molecule has 0 saturated carbocycles. The third kappa shape index (κ3) is 5.06. The molecule has 0 radical (unpaired) electrons. The van der Waals surface area contributed by atoms with Crippen LogP contribution in [-0.4, -0.2) is 44.0 Å². The fourth-order valence-electron chi connectivity index (χ4n) is 4.50. The average molecular weight is 471 g/mol. The normalized spacial score (nSPS) is 30.3. The Labute approximate surface area is 200 Å². The van der Waals surface area contributed by atoms with Gasteiger partial charge in [0.2, 0.25) is 0 Å². The van der Waals surface area contributed by atoms with E-state index in [4.69, 9.17) is 28.1 Å². The molecule has 0 spiro atoms. The molecular formula is C27H34O7. The van der Waals surface area contributed by atoms with E-state index in [0.29, 0.717) is 28.9 Å². The Balaban J connectivity index is 1.82. The van der Waals surface area contributed by atoms with Crippen LogP contribution in [-0.2, 0) is 18.9 Å².